The van der Waals surface area contributed by atoms with Gasteiger partial charge in [0.05, 0.1) is 0 Å². The van der Waals surface area contributed by atoms with Crippen molar-refractivity contribution < 1.29 is 0 Å². The molecule has 0 unspecified atom stereocenters. The summed E-state index contributed by atoms with van der Waals surface area (Å²) in [7, 11) is 2.21. The van der Waals surface area contributed by atoms with Crippen LogP contribution in [-0.2, 0) is 0 Å². The zero-order valence-electron chi connectivity index (χ0n) is 14.6. The Morgan fingerprint density at radius 3 is 2.22 bits per heavy atom. The van der Waals surface area contributed by atoms with Crippen molar-refractivity contribution in [2.24, 2.45) is 11.7 Å². The SMILES string of the molecule is CC(C)N1CCC(CN(C)C[C@H](N)c2ccccc2)CC1.Cl.Cl. The number of benzene rings is 1. The summed E-state index contributed by atoms with van der Waals surface area (Å²) in [6.45, 7) is 9.21. The van der Waals surface area contributed by atoms with Crippen LogP contribution in [0.25, 0.3) is 0 Å². The standard InChI is InChI=1S/C18H31N3.2ClH/c1-15(2)21-11-9-16(10-12-21)13-20(3)14-18(19)17-7-5-4-6-8-17;;/h4-8,15-16,18H,9-14,19H2,1-3H3;2*1H/t18-;;/m0../s1. The second-order valence-electron chi connectivity index (χ2n) is 6.81. The summed E-state index contributed by atoms with van der Waals surface area (Å²) < 4.78 is 0. The summed E-state index contributed by atoms with van der Waals surface area (Å²) >= 11 is 0. The van der Waals surface area contributed by atoms with Gasteiger partial charge in [0.15, 0.2) is 0 Å². The molecule has 1 atom stereocenters. The Hall–Kier alpha value is -0.320. The molecule has 1 aliphatic rings. The predicted molar refractivity (Wildman–Crippen MR) is 105 cm³/mol. The number of hydrogen-bond donors (Lipinski definition) is 1. The first kappa shape index (κ1) is 22.7. The number of hydrogen-bond acceptors (Lipinski definition) is 3. The molecule has 1 saturated heterocycles. The summed E-state index contributed by atoms with van der Waals surface area (Å²) in [5, 5.41) is 0. The zero-order valence-corrected chi connectivity index (χ0v) is 16.3. The number of likely N-dealkylation sites (N-methyl/N-ethyl adjacent to an activating group) is 1. The largest absolute Gasteiger partial charge is 0.323 e. The minimum atomic E-state index is 0. The summed E-state index contributed by atoms with van der Waals surface area (Å²) in [5.41, 5.74) is 7.55. The first-order valence-corrected chi connectivity index (χ1v) is 8.29. The molecule has 5 heteroatoms. The maximum Gasteiger partial charge on any atom is 0.0424 e. The molecule has 0 aliphatic carbocycles. The number of nitrogens with zero attached hydrogens (tertiary/aromatic N) is 2. The van der Waals surface area contributed by atoms with Crippen molar-refractivity contribution >= 4 is 24.8 Å². The van der Waals surface area contributed by atoms with Crippen LogP contribution >= 0.6 is 24.8 Å². The minimum absolute atomic E-state index is 0. The molecule has 1 aliphatic heterocycles. The first-order valence-electron chi connectivity index (χ1n) is 8.29. The maximum absolute atomic E-state index is 6.31. The highest BCUT2D eigenvalue weighted by Crippen LogP contribution is 2.20. The van der Waals surface area contributed by atoms with Gasteiger partial charge in [0, 0.05) is 25.2 Å². The fraction of sp³-hybridized carbons (Fsp3) is 0.667. The van der Waals surface area contributed by atoms with Crippen LogP contribution < -0.4 is 5.73 Å². The number of likely N-dealkylation sites (tertiary alicyclic amines) is 1. The van der Waals surface area contributed by atoms with E-state index in [1.54, 1.807) is 0 Å². The van der Waals surface area contributed by atoms with E-state index in [0.29, 0.717) is 6.04 Å². The summed E-state index contributed by atoms with van der Waals surface area (Å²) in [6, 6.07) is 11.2. The Morgan fingerprint density at radius 2 is 1.70 bits per heavy atom. The lowest BCUT2D eigenvalue weighted by Gasteiger charge is -2.36. The van der Waals surface area contributed by atoms with Gasteiger partial charge < -0.3 is 15.5 Å². The number of nitrogens with two attached hydrogens (primary N) is 1. The third-order valence-electron chi connectivity index (χ3n) is 4.69. The molecular weight excluding hydrogens is 329 g/mol. The fourth-order valence-electron chi connectivity index (χ4n) is 3.31. The number of halogens is 2. The van der Waals surface area contributed by atoms with E-state index in [9.17, 15) is 0 Å². The molecule has 0 spiro atoms. The van der Waals surface area contributed by atoms with Gasteiger partial charge in [-0.3, -0.25) is 0 Å². The van der Waals surface area contributed by atoms with Crippen molar-refractivity contribution in [3.63, 3.8) is 0 Å². The Balaban J connectivity index is 0.00000242. The van der Waals surface area contributed by atoms with Gasteiger partial charge in [-0.25, -0.2) is 0 Å². The van der Waals surface area contributed by atoms with E-state index in [1.807, 2.05) is 6.07 Å². The van der Waals surface area contributed by atoms with Crippen LogP contribution in [0.1, 0.15) is 38.3 Å². The van der Waals surface area contributed by atoms with Crippen molar-refractivity contribution in [2.75, 3.05) is 33.2 Å². The smallest absolute Gasteiger partial charge is 0.0424 e. The molecule has 134 valence electrons. The van der Waals surface area contributed by atoms with E-state index in [4.69, 9.17) is 5.73 Å². The van der Waals surface area contributed by atoms with E-state index in [1.165, 1.54) is 38.0 Å². The molecule has 0 saturated carbocycles. The molecule has 2 rings (SSSR count). The number of piperidine rings is 1. The van der Waals surface area contributed by atoms with E-state index >= 15 is 0 Å². The summed E-state index contributed by atoms with van der Waals surface area (Å²) in [6.07, 6.45) is 2.65. The van der Waals surface area contributed by atoms with Gasteiger partial charge in [0.2, 0.25) is 0 Å². The highest BCUT2D eigenvalue weighted by atomic mass is 35.5. The van der Waals surface area contributed by atoms with Gasteiger partial charge in [-0.2, -0.15) is 0 Å². The van der Waals surface area contributed by atoms with Crippen LogP contribution in [0.15, 0.2) is 30.3 Å². The van der Waals surface area contributed by atoms with Crippen LogP contribution in [0, 0.1) is 5.92 Å². The van der Waals surface area contributed by atoms with Crippen LogP contribution in [0.2, 0.25) is 0 Å². The molecule has 0 aromatic heterocycles. The van der Waals surface area contributed by atoms with Gasteiger partial charge in [-0.1, -0.05) is 30.3 Å². The van der Waals surface area contributed by atoms with Crippen molar-refractivity contribution in [3.05, 3.63) is 35.9 Å². The van der Waals surface area contributed by atoms with Crippen molar-refractivity contribution in [1.29, 1.82) is 0 Å². The first-order chi connectivity index (χ1) is 10.1. The lowest BCUT2D eigenvalue weighted by atomic mass is 9.95. The molecule has 0 bridgehead atoms. The second-order valence-corrected chi connectivity index (χ2v) is 6.81. The molecule has 0 radical (unpaired) electrons. The van der Waals surface area contributed by atoms with Crippen LogP contribution in [0.3, 0.4) is 0 Å². The molecule has 23 heavy (non-hydrogen) atoms. The summed E-state index contributed by atoms with van der Waals surface area (Å²) in [5.74, 6) is 0.827. The Bertz CT molecular complexity index is 406. The molecule has 1 heterocycles. The lowest BCUT2D eigenvalue weighted by molar-refractivity contribution is 0.127. The van der Waals surface area contributed by atoms with Gasteiger partial charge in [-0.15, -0.1) is 24.8 Å². The average molecular weight is 362 g/mol. The molecular formula is C18H33Cl2N3. The normalized spacial score (nSPS) is 17.7. The molecule has 3 nitrogen and oxygen atoms in total. The summed E-state index contributed by atoms with van der Waals surface area (Å²) in [4.78, 5) is 5.00. The topological polar surface area (TPSA) is 32.5 Å². The average Bonchev–Trinajstić information content (AvgIpc) is 2.48. The highest BCUT2D eigenvalue weighted by Gasteiger charge is 2.22. The fourth-order valence-corrected chi connectivity index (χ4v) is 3.31. The van der Waals surface area contributed by atoms with Gasteiger partial charge in [0.25, 0.3) is 0 Å². The van der Waals surface area contributed by atoms with Crippen LogP contribution in [-0.4, -0.2) is 49.1 Å². The Labute approximate surface area is 154 Å². The molecule has 0 amide bonds. The Kier molecular flexibility index (Phi) is 11.1. The van der Waals surface area contributed by atoms with E-state index in [2.05, 4.69) is 55.0 Å². The quantitative estimate of drug-likeness (QED) is 0.840. The van der Waals surface area contributed by atoms with Gasteiger partial charge >= 0.3 is 0 Å². The minimum Gasteiger partial charge on any atom is -0.323 e. The number of rotatable bonds is 6. The Morgan fingerprint density at radius 1 is 1.13 bits per heavy atom. The van der Waals surface area contributed by atoms with Gasteiger partial charge in [0.1, 0.15) is 0 Å². The molecule has 1 aromatic carbocycles. The highest BCUT2D eigenvalue weighted by molar-refractivity contribution is 5.85. The van der Waals surface area contributed by atoms with Crippen molar-refractivity contribution in [3.8, 4) is 0 Å². The van der Waals surface area contributed by atoms with Crippen molar-refractivity contribution in [1.82, 2.24) is 9.80 Å². The van der Waals surface area contributed by atoms with Crippen molar-refractivity contribution in [2.45, 2.75) is 38.8 Å². The lowest BCUT2D eigenvalue weighted by Crippen LogP contribution is -2.42. The van der Waals surface area contributed by atoms with Gasteiger partial charge in [-0.05, 0) is 58.3 Å². The maximum atomic E-state index is 6.31. The molecule has 1 aromatic rings. The van der Waals surface area contributed by atoms with E-state index in [-0.39, 0.29) is 30.9 Å². The predicted octanol–water partition coefficient (Wildman–Crippen LogP) is 3.58. The molecule has 2 N–H and O–H groups in total. The second kappa shape index (κ2) is 11.3. The molecule has 1 fully saturated rings. The monoisotopic (exact) mass is 361 g/mol. The van der Waals surface area contributed by atoms with E-state index in [0.717, 1.165) is 12.5 Å². The van der Waals surface area contributed by atoms with Crippen LogP contribution in [0.4, 0.5) is 0 Å². The van der Waals surface area contributed by atoms with Crippen LogP contribution in [0.5, 0.6) is 0 Å². The third kappa shape index (κ3) is 7.40. The van der Waals surface area contributed by atoms with E-state index < -0.39 is 0 Å². The third-order valence-corrected chi connectivity index (χ3v) is 4.69. The zero-order chi connectivity index (χ0) is 15.2.